The monoisotopic (exact) mass is 535 g/mol. The molecule has 0 unspecified atom stereocenters. The molecule has 36 heavy (non-hydrogen) atoms. The van der Waals surface area contributed by atoms with Crippen molar-refractivity contribution in [2.75, 3.05) is 11.9 Å². The quantitative estimate of drug-likeness (QED) is 0.164. The SMILES string of the molecule is O=S(=O)(CCCCCCCCCC[P+](c1ccccc1)(c1ccccc1)c1ccccc1)C(F)(F)F. The summed E-state index contributed by atoms with van der Waals surface area (Å²) in [6.45, 7) is 0. The van der Waals surface area contributed by atoms with Gasteiger partial charge in [-0.05, 0) is 55.7 Å². The van der Waals surface area contributed by atoms with E-state index in [1.807, 2.05) is 0 Å². The third-order valence-corrected chi connectivity index (χ3v) is 12.7. The molecule has 0 aliphatic carbocycles. The van der Waals surface area contributed by atoms with Gasteiger partial charge in [0.15, 0.2) is 0 Å². The van der Waals surface area contributed by atoms with Gasteiger partial charge in [-0.15, -0.1) is 0 Å². The molecule has 0 spiro atoms. The summed E-state index contributed by atoms with van der Waals surface area (Å²) in [5.74, 6) is -0.805. The Morgan fingerprint density at radius 1 is 0.528 bits per heavy atom. The van der Waals surface area contributed by atoms with Crippen LogP contribution in [-0.4, -0.2) is 25.8 Å². The summed E-state index contributed by atoms with van der Waals surface area (Å²) in [7, 11) is -6.78. The summed E-state index contributed by atoms with van der Waals surface area (Å²) < 4.78 is 59.5. The molecule has 0 atom stereocenters. The Morgan fingerprint density at radius 3 is 1.22 bits per heavy atom. The zero-order valence-corrected chi connectivity index (χ0v) is 22.2. The molecule has 2 nitrogen and oxygen atoms in total. The van der Waals surface area contributed by atoms with E-state index in [9.17, 15) is 21.6 Å². The lowest BCUT2D eigenvalue weighted by molar-refractivity contribution is -0.0435. The summed E-state index contributed by atoms with van der Waals surface area (Å²) in [6.07, 6.45) is 7.62. The van der Waals surface area contributed by atoms with Crippen LogP contribution in [0.1, 0.15) is 51.4 Å². The van der Waals surface area contributed by atoms with Crippen molar-refractivity contribution in [3.8, 4) is 0 Å². The summed E-state index contributed by atoms with van der Waals surface area (Å²) in [4.78, 5) is 0. The second kappa shape index (κ2) is 13.4. The van der Waals surface area contributed by atoms with Gasteiger partial charge in [0.2, 0.25) is 9.84 Å². The van der Waals surface area contributed by atoms with Crippen LogP contribution in [-0.2, 0) is 9.84 Å². The fourth-order valence-electron chi connectivity index (χ4n) is 4.70. The van der Waals surface area contributed by atoms with Crippen LogP contribution in [0, 0.1) is 0 Å². The highest BCUT2D eigenvalue weighted by molar-refractivity contribution is 7.95. The number of alkyl halides is 3. The number of benzene rings is 3. The maximum atomic E-state index is 12.4. The summed E-state index contributed by atoms with van der Waals surface area (Å²) in [6, 6.07) is 32.5. The Bertz CT molecular complexity index is 1040. The molecule has 3 aromatic carbocycles. The zero-order chi connectivity index (χ0) is 25.9. The average molecular weight is 536 g/mol. The molecule has 0 heterocycles. The van der Waals surface area contributed by atoms with Crippen LogP contribution in [0.25, 0.3) is 0 Å². The highest BCUT2D eigenvalue weighted by atomic mass is 32.2. The first kappa shape index (κ1) is 28.4. The number of sulfone groups is 1. The molecule has 0 saturated carbocycles. The van der Waals surface area contributed by atoms with E-state index in [0.717, 1.165) is 44.7 Å². The largest absolute Gasteiger partial charge is 0.497 e. The van der Waals surface area contributed by atoms with Gasteiger partial charge < -0.3 is 0 Å². The minimum Gasteiger partial charge on any atom is -0.220 e. The molecule has 7 heteroatoms. The van der Waals surface area contributed by atoms with E-state index in [0.29, 0.717) is 6.42 Å². The van der Waals surface area contributed by atoms with E-state index in [1.54, 1.807) is 0 Å². The molecule has 0 N–H and O–H groups in total. The first-order valence-corrected chi connectivity index (χ1v) is 16.2. The number of unbranched alkanes of at least 4 members (excludes halogenated alkanes) is 7. The van der Waals surface area contributed by atoms with Gasteiger partial charge in [-0.25, -0.2) is 8.42 Å². The number of hydrogen-bond donors (Lipinski definition) is 0. The first-order valence-electron chi connectivity index (χ1n) is 12.6. The molecule has 194 valence electrons. The Balaban J connectivity index is 1.55. The number of hydrogen-bond acceptors (Lipinski definition) is 2. The Morgan fingerprint density at radius 2 is 0.861 bits per heavy atom. The van der Waals surface area contributed by atoms with E-state index < -0.39 is 28.4 Å². The summed E-state index contributed by atoms with van der Waals surface area (Å²) in [5.41, 5.74) is -5.13. The van der Waals surface area contributed by atoms with Crippen molar-refractivity contribution < 1.29 is 21.6 Å². The van der Waals surface area contributed by atoms with Crippen molar-refractivity contribution in [3.05, 3.63) is 91.0 Å². The predicted octanol–water partition coefficient (Wildman–Crippen LogP) is 7.04. The van der Waals surface area contributed by atoms with Crippen molar-refractivity contribution in [1.82, 2.24) is 0 Å². The zero-order valence-electron chi connectivity index (χ0n) is 20.5. The third kappa shape index (κ3) is 7.43. The number of halogens is 3. The van der Waals surface area contributed by atoms with Crippen molar-refractivity contribution in [2.24, 2.45) is 0 Å². The standard InChI is InChI=1S/C29H35F3O2PS/c30-29(31,32)36(33,34)25-17-6-4-2-1-3-5-16-24-35(26-18-10-7-11-19-26,27-20-12-8-13-21-27)28-22-14-9-15-23-28/h7-15,18-23H,1-6,16-17,24-25H2/q+1. The van der Waals surface area contributed by atoms with Crippen molar-refractivity contribution >= 4 is 33.0 Å². The molecular weight excluding hydrogens is 500 g/mol. The molecule has 0 aliphatic rings. The first-order chi connectivity index (χ1) is 17.3. The fraction of sp³-hybridized carbons (Fsp3) is 0.379. The lowest BCUT2D eigenvalue weighted by Gasteiger charge is -2.27. The van der Waals surface area contributed by atoms with Crippen molar-refractivity contribution in [3.63, 3.8) is 0 Å². The molecule has 3 rings (SSSR count). The lowest BCUT2D eigenvalue weighted by Crippen LogP contribution is -2.33. The van der Waals surface area contributed by atoms with Crippen LogP contribution in [0.2, 0.25) is 0 Å². The van der Waals surface area contributed by atoms with Crippen LogP contribution in [0.4, 0.5) is 13.2 Å². The molecule has 0 radical (unpaired) electrons. The maximum absolute atomic E-state index is 12.4. The fourth-order valence-corrected chi connectivity index (χ4v) is 9.93. The normalized spacial score (nSPS) is 12.5. The highest BCUT2D eigenvalue weighted by Gasteiger charge is 2.45. The van der Waals surface area contributed by atoms with Crippen LogP contribution in [0.5, 0.6) is 0 Å². The van der Waals surface area contributed by atoms with E-state index >= 15 is 0 Å². The van der Waals surface area contributed by atoms with E-state index in [2.05, 4.69) is 91.0 Å². The van der Waals surface area contributed by atoms with Gasteiger partial charge in [-0.1, -0.05) is 86.7 Å². The molecule has 0 aliphatic heterocycles. The second-order valence-electron chi connectivity index (χ2n) is 9.13. The van der Waals surface area contributed by atoms with Crippen LogP contribution < -0.4 is 15.9 Å². The smallest absolute Gasteiger partial charge is 0.220 e. The van der Waals surface area contributed by atoms with Gasteiger partial charge in [0.1, 0.15) is 23.2 Å². The second-order valence-corrected chi connectivity index (χ2v) is 14.8. The Hall–Kier alpha value is -2.17. The van der Waals surface area contributed by atoms with Crippen LogP contribution in [0.15, 0.2) is 91.0 Å². The average Bonchev–Trinajstić information content (AvgIpc) is 2.88. The molecule has 0 aromatic heterocycles. The van der Waals surface area contributed by atoms with E-state index in [4.69, 9.17) is 0 Å². The molecular formula is C29H35F3O2PS+. The third-order valence-electron chi connectivity index (χ3n) is 6.60. The maximum Gasteiger partial charge on any atom is 0.497 e. The lowest BCUT2D eigenvalue weighted by atomic mass is 10.1. The summed E-state index contributed by atoms with van der Waals surface area (Å²) >= 11 is 0. The molecule has 0 bridgehead atoms. The molecule has 3 aromatic rings. The summed E-state index contributed by atoms with van der Waals surface area (Å²) in [5, 5.41) is 4.16. The Kier molecular flexibility index (Phi) is 10.6. The predicted molar refractivity (Wildman–Crippen MR) is 147 cm³/mol. The number of rotatable bonds is 14. The van der Waals surface area contributed by atoms with Gasteiger partial charge in [0.25, 0.3) is 0 Å². The van der Waals surface area contributed by atoms with Gasteiger partial charge in [-0.3, -0.25) is 0 Å². The molecule has 0 fully saturated rings. The van der Waals surface area contributed by atoms with Gasteiger partial charge in [0, 0.05) is 0 Å². The van der Waals surface area contributed by atoms with Crippen molar-refractivity contribution in [1.29, 1.82) is 0 Å². The van der Waals surface area contributed by atoms with E-state index in [1.165, 1.54) is 15.9 Å². The van der Waals surface area contributed by atoms with Crippen molar-refractivity contribution in [2.45, 2.75) is 56.9 Å². The molecule has 0 saturated heterocycles. The Labute approximate surface area is 214 Å². The van der Waals surface area contributed by atoms with Crippen LogP contribution in [0.3, 0.4) is 0 Å². The molecule has 0 amide bonds. The topological polar surface area (TPSA) is 34.1 Å². The highest BCUT2D eigenvalue weighted by Crippen LogP contribution is 2.56. The minimum atomic E-state index is -5.13. The minimum absolute atomic E-state index is 0.0695. The van der Waals surface area contributed by atoms with Gasteiger partial charge in [-0.2, -0.15) is 13.2 Å². The van der Waals surface area contributed by atoms with E-state index in [-0.39, 0.29) is 6.42 Å². The van der Waals surface area contributed by atoms with Gasteiger partial charge >= 0.3 is 5.51 Å². The van der Waals surface area contributed by atoms with Gasteiger partial charge in [0.05, 0.1) is 11.9 Å². The van der Waals surface area contributed by atoms with Crippen LogP contribution >= 0.6 is 7.26 Å².